The van der Waals surface area contributed by atoms with Gasteiger partial charge in [0.2, 0.25) is 5.91 Å². The van der Waals surface area contributed by atoms with Crippen LogP contribution in [0, 0.1) is 0 Å². The molecule has 2 heterocycles. The van der Waals surface area contributed by atoms with Gasteiger partial charge in [0.05, 0.1) is 10.9 Å². The molecular formula is C17H14Cl2N4O3. The molecule has 0 aliphatic heterocycles. The van der Waals surface area contributed by atoms with E-state index in [9.17, 15) is 14.4 Å². The average molecular weight is 393 g/mol. The quantitative estimate of drug-likeness (QED) is 0.691. The molecule has 1 aromatic carbocycles. The molecule has 2 aromatic heterocycles. The molecule has 0 spiro atoms. The first-order chi connectivity index (χ1) is 12.4. The van der Waals surface area contributed by atoms with Crippen molar-refractivity contribution in [1.29, 1.82) is 0 Å². The second kappa shape index (κ2) is 7.31. The van der Waals surface area contributed by atoms with Crippen LogP contribution in [0.1, 0.15) is 6.92 Å². The molecule has 0 bridgehead atoms. The largest absolute Gasteiger partial charge is 0.331 e. The molecule has 0 aliphatic rings. The van der Waals surface area contributed by atoms with Gasteiger partial charge in [0, 0.05) is 12.2 Å². The molecule has 3 rings (SSSR count). The number of pyridine rings is 1. The summed E-state index contributed by atoms with van der Waals surface area (Å²) in [7, 11) is 0. The highest BCUT2D eigenvalue weighted by Gasteiger charge is 2.14. The zero-order valence-electron chi connectivity index (χ0n) is 13.7. The summed E-state index contributed by atoms with van der Waals surface area (Å²) in [6.07, 6.45) is 0. The first kappa shape index (κ1) is 18.2. The van der Waals surface area contributed by atoms with Crippen molar-refractivity contribution < 1.29 is 4.79 Å². The van der Waals surface area contributed by atoms with Crippen molar-refractivity contribution in [3.05, 3.63) is 67.5 Å². The normalized spacial score (nSPS) is 10.9. The van der Waals surface area contributed by atoms with Crippen LogP contribution in [0.25, 0.3) is 10.9 Å². The van der Waals surface area contributed by atoms with Crippen LogP contribution in [0.3, 0.4) is 0 Å². The number of hydrogen-bond acceptors (Lipinski definition) is 4. The molecule has 134 valence electrons. The van der Waals surface area contributed by atoms with Crippen LogP contribution in [0.4, 0.5) is 5.69 Å². The number of rotatable bonds is 4. The van der Waals surface area contributed by atoms with Crippen LogP contribution < -0.4 is 16.6 Å². The van der Waals surface area contributed by atoms with Gasteiger partial charge in [0.25, 0.3) is 5.56 Å². The first-order valence-corrected chi connectivity index (χ1v) is 8.51. The van der Waals surface area contributed by atoms with Gasteiger partial charge in [-0.1, -0.05) is 35.3 Å². The van der Waals surface area contributed by atoms with Crippen molar-refractivity contribution in [2.24, 2.45) is 0 Å². The van der Waals surface area contributed by atoms with Crippen LogP contribution in [0.5, 0.6) is 0 Å². The summed E-state index contributed by atoms with van der Waals surface area (Å²) < 4.78 is 2.36. The zero-order valence-corrected chi connectivity index (χ0v) is 15.2. The molecule has 0 saturated carbocycles. The fraction of sp³-hybridized carbons (Fsp3) is 0.176. The molecule has 7 nitrogen and oxygen atoms in total. The highest BCUT2D eigenvalue weighted by molar-refractivity contribution is 6.33. The fourth-order valence-electron chi connectivity index (χ4n) is 2.68. The van der Waals surface area contributed by atoms with E-state index in [1.54, 1.807) is 31.2 Å². The van der Waals surface area contributed by atoms with E-state index in [0.29, 0.717) is 16.6 Å². The number of aromatic nitrogens is 3. The number of amides is 1. The molecule has 9 heteroatoms. The number of nitrogens with zero attached hydrogens (tertiary/aromatic N) is 3. The number of hydrogen-bond donors (Lipinski definition) is 1. The molecule has 0 radical (unpaired) electrons. The number of benzene rings is 1. The maximum Gasteiger partial charge on any atom is 0.331 e. The van der Waals surface area contributed by atoms with Gasteiger partial charge >= 0.3 is 5.69 Å². The maximum absolute atomic E-state index is 12.6. The Labute approximate surface area is 157 Å². The predicted octanol–water partition coefficient (Wildman–Crippen LogP) is 2.52. The summed E-state index contributed by atoms with van der Waals surface area (Å²) in [5.74, 6) is -0.461. The molecule has 0 atom stereocenters. The average Bonchev–Trinajstić information content (AvgIpc) is 2.58. The topological polar surface area (TPSA) is 86.0 Å². The minimum absolute atomic E-state index is 0.134. The van der Waals surface area contributed by atoms with Crippen molar-refractivity contribution >= 4 is 45.7 Å². The lowest BCUT2D eigenvalue weighted by atomic mass is 10.2. The van der Waals surface area contributed by atoms with E-state index in [4.69, 9.17) is 23.2 Å². The lowest BCUT2D eigenvalue weighted by Crippen LogP contribution is -2.41. The number of nitrogens with one attached hydrogen (secondary N) is 1. The molecule has 0 aliphatic carbocycles. The number of carbonyl (C=O) groups excluding carboxylic acids is 1. The summed E-state index contributed by atoms with van der Waals surface area (Å²) in [5, 5.41) is 3.26. The Hall–Kier alpha value is -2.64. The third kappa shape index (κ3) is 3.49. The zero-order chi connectivity index (χ0) is 18.8. The van der Waals surface area contributed by atoms with Crippen LogP contribution >= 0.6 is 23.2 Å². The first-order valence-electron chi connectivity index (χ1n) is 7.76. The van der Waals surface area contributed by atoms with Crippen molar-refractivity contribution in [2.45, 2.75) is 20.0 Å². The molecule has 0 saturated heterocycles. The molecule has 0 fully saturated rings. The lowest BCUT2D eigenvalue weighted by Gasteiger charge is -2.13. The number of anilines is 1. The second-order valence-corrected chi connectivity index (χ2v) is 6.26. The monoisotopic (exact) mass is 392 g/mol. The molecular weight excluding hydrogens is 379 g/mol. The number of halogens is 2. The van der Waals surface area contributed by atoms with Crippen LogP contribution in [-0.2, 0) is 17.9 Å². The molecule has 0 unspecified atom stereocenters. The van der Waals surface area contributed by atoms with E-state index in [2.05, 4.69) is 10.3 Å². The predicted molar refractivity (Wildman–Crippen MR) is 101 cm³/mol. The van der Waals surface area contributed by atoms with E-state index in [1.165, 1.54) is 16.7 Å². The summed E-state index contributed by atoms with van der Waals surface area (Å²) in [4.78, 5) is 41.2. The molecule has 26 heavy (non-hydrogen) atoms. The van der Waals surface area contributed by atoms with Gasteiger partial charge in [-0.25, -0.2) is 9.78 Å². The van der Waals surface area contributed by atoms with Gasteiger partial charge in [-0.3, -0.25) is 18.7 Å². The Morgan fingerprint density at radius 2 is 1.77 bits per heavy atom. The summed E-state index contributed by atoms with van der Waals surface area (Å²) in [6.45, 7) is 1.64. The van der Waals surface area contributed by atoms with Gasteiger partial charge in [-0.15, -0.1) is 0 Å². The number of fused-ring (bicyclic) bond motifs is 1. The van der Waals surface area contributed by atoms with E-state index in [-0.39, 0.29) is 29.0 Å². The van der Waals surface area contributed by atoms with Crippen molar-refractivity contribution in [3.63, 3.8) is 0 Å². The smallest absolute Gasteiger partial charge is 0.324 e. The maximum atomic E-state index is 12.6. The summed E-state index contributed by atoms with van der Waals surface area (Å²) in [6, 6.07) is 9.55. The Morgan fingerprint density at radius 1 is 1.12 bits per heavy atom. The Balaban J connectivity index is 2.01. The minimum Gasteiger partial charge on any atom is -0.324 e. The SMILES string of the molecule is CCn1c(=O)c2ccccc2n(CC(=O)Nc2cc(Cl)nc(Cl)c2)c1=O. The minimum atomic E-state index is -0.544. The van der Waals surface area contributed by atoms with E-state index in [0.717, 1.165) is 4.57 Å². The van der Waals surface area contributed by atoms with Crippen LogP contribution in [0.15, 0.2) is 46.0 Å². The Bertz CT molecular complexity index is 1100. The van der Waals surface area contributed by atoms with Gasteiger partial charge in [-0.2, -0.15) is 0 Å². The molecule has 3 aromatic rings. The van der Waals surface area contributed by atoms with E-state index < -0.39 is 11.6 Å². The third-order valence-corrected chi connectivity index (χ3v) is 4.18. The summed E-state index contributed by atoms with van der Waals surface area (Å²) >= 11 is 11.6. The van der Waals surface area contributed by atoms with E-state index >= 15 is 0 Å². The number of carbonyl (C=O) groups is 1. The second-order valence-electron chi connectivity index (χ2n) is 5.48. The van der Waals surface area contributed by atoms with Gasteiger partial charge in [0.1, 0.15) is 16.9 Å². The Morgan fingerprint density at radius 3 is 2.42 bits per heavy atom. The highest BCUT2D eigenvalue weighted by atomic mass is 35.5. The van der Waals surface area contributed by atoms with Crippen molar-refractivity contribution in [1.82, 2.24) is 14.1 Å². The van der Waals surface area contributed by atoms with Crippen molar-refractivity contribution in [3.8, 4) is 0 Å². The number of para-hydroxylation sites is 1. The molecule has 1 N–H and O–H groups in total. The standard InChI is InChI=1S/C17H14Cl2N4O3/c1-2-22-16(25)11-5-3-4-6-12(11)23(17(22)26)9-15(24)20-10-7-13(18)21-14(19)8-10/h3-8H,2,9H2,1H3,(H,20,21,24). The van der Waals surface area contributed by atoms with Crippen LogP contribution in [-0.4, -0.2) is 20.0 Å². The highest BCUT2D eigenvalue weighted by Crippen LogP contribution is 2.18. The fourth-order valence-corrected chi connectivity index (χ4v) is 3.14. The van der Waals surface area contributed by atoms with Gasteiger partial charge < -0.3 is 5.32 Å². The lowest BCUT2D eigenvalue weighted by molar-refractivity contribution is -0.116. The van der Waals surface area contributed by atoms with Crippen molar-refractivity contribution in [2.75, 3.05) is 5.32 Å². The van der Waals surface area contributed by atoms with E-state index in [1.807, 2.05) is 0 Å². The molecule has 1 amide bonds. The van der Waals surface area contributed by atoms with Gasteiger partial charge in [0.15, 0.2) is 0 Å². The Kier molecular flexibility index (Phi) is 5.11. The van der Waals surface area contributed by atoms with Gasteiger partial charge in [-0.05, 0) is 31.2 Å². The summed E-state index contributed by atoms with van der Waals surface area (Å²) in [5.41, 5.74) is -0.163. The third-order valence-electron chi connectivity index (χ3n) is 3.80. The van der Waals surface area contributed by atoms with Crippen LogP contribution in [0.2, 0.25) is 10.3 Å².